The summed E-state index contributed by atoms with van der Waals surface area (Å²) >= 11 is 5.71. The van der Waals surface area contributed by atoms with Crippen molar-refractivity contribution in [3.63, 3.8) is 0 Å². The minimum Gasteiger partial charge on any atom is -0.396 e. The van der Waals surface area contributed by atoms with Gasteiger partial charge in [0.1, 0.15) is 5.82 Å². The first kappa shape index (κ1) is 8.49. The Kier molecular flexibility index (Phi) is 2.84. The fourth-order valence-corrected chi connectivity index (χ4v) is 0.803. The summed E-state index contributed by atoms with van der Waals surface area (Å²) in [6, 6.07) is 0. The van der Waals surface area contributed by atoms with Crippen molar-refractivity contribution in [2.45, 2.75) is 18.7 Å². The van der Waals surface area contributed by atoms with E-state index >= 15 is 0 Å². The number of hydrogen-bond acceptors (Lipinski definition) is 3. The van der Waals surface area contributed by atoms with Crippen molar-refractivity contribution < 1.29 is 5.11 Å². The van der Waals surface area contributed by atoms with Crippen LogP contribution in [0, 0.1) is 0 Å². The average Bonchev–Trinajstić information content (AvgIpc) is 2.37. The molecule has 5 heteroatoms. The second-order valence-corrected chi connectivity index (χ2v) is 2.88. The van der Waals surface area contributed by atoms with Crippen molar-refractivity contribution in [1.29, 1.82) is 0 Å². The number of aromatic amines is 1. The molecule has 4 nitrogen and oxygen atoms in total. The first-order chi connectivity index (χ1) is 5.24. The Morgan fingerprint density at radius 3 is 2.91 bits per heavy atom. The molecule has 1 atom stereocenters. The smallest absolute Gasteiger partial charge is 0.168 e. The maximum absolute atomic E-state index is 8.55. The van der Waals surface area contributed by atoms with Gasteiger partial charge in [0.05, 0.1) is 12.0 Å². The average molecular weight is 176 g/mol. The molecule has 0 spiro atoms. The largest absolute Gasteiger partial charge is 0.396 e. The molecule has 0 saturated carbocycles. The molecule has 0 fully saturated rings. The summed E-state index contributed by atoms with van der Waals surface area (Å²) in [5.41, 5.74) is 0. The Hall–Kier alpha value is -0.610. The summed E-state index contributed by atoms with van der Waals surface area (Å²) in [7, 11) is 0. The number of H-pyrrole nitrogens is 1. The van der Waals surface area contributed by atoms with E-state index in [1.807, 2.05) is 0 Å². The zero-order valence-corrected chi connectivity index (χ0v) is 6.97. The molecule has 0 aliphatic rings. The summed E-state index contributed by atoms with van der Waals surface area (Å²) in [4.78, 5) is 4.04. The lowest BCUT2D eigenvalue weighted by Crippen LogP contribution is -1.93. The molecule has 0 saturated heterocycles. The normalized spacial score (nSPS) is 13.4. The van der Waals surface area contributed by atoms with Crippen molar-refractivity contribution in [3.8, 4) is 0 Å². The Balaban J connectivity index is 2.66. The minimum absolute atomic E-state index is 0.0747. The highest BCUT2D eigenvalue weighted by atomic mass is 35.5. The fourth-order valence-electron chi connectivity index (χ4n) is 0.706. The van der Waals surface area contributed by atoms with Crippen LogP contribution in [0.15, 0.2) is 0 Å². The van der Waals surface area contributed by atoms with E-state index in [0.717, 1.165) is 0 Å². The maximum atomic E-state index is 8.55. The Bertz CT molecular complexity index is 223. The van der Waals surface area contributed by atoms with E-state index in [2.05, 4.69) is 15.2 Å². The van der Waals surface area contributed by atoms with Crippen LogP contribution < -0.4 is 0 Å². The number of nitrogens with zero attached hydrogens (tertiary/aromatic N) is 2. The molecule has 11 heavy (non-hydrogen) atoms. The van der Waals surface area contributed by atoms with Crippen LogP contribution in [0.3, 0.4) is 0 Å². The highest BCUT2D eigenvalue weighted by Crippen LogP contribution is 2.13. The number of aliphatic hydroxyl groups is 1. The van der Waals surface area contributed by atoms with Gasteiger partial charge in [0.2, 0.25) is 0 Å². The van der Waals surface area contributed by atoms with E-state index in [1.54, 1.807) is 6.92 Å². The van der Waals surface area contributed by atoms with Crippen molar-refractivity contribution in [1.82, 2.24) is 15.2 Å². The van der Waals surface area contributed by atoms with E-state index in [-0.39, 0.29) is 12.0 Å². The first-order valence-corrected chi connectivity index (χ1v) is 3.83. The number of hydrogen-bond donors (Lipinski definition) is 2. The van der Waals surface area contributed by atoms with E-state index < -0.39 is 0 Å². The molecular weight excluding hydrogens is 166 g/mol. The lowest BCUT2D eigenvalue weighted by molar-refractivity contribution is 0.296. The quantitative estimate of drug-likeness (QED) is 0.663. The van der Waals surface area contributed by atoms with Crippen LogP contribution in [0.1, 0.15) is 23.9 Å². The third-order valence-corrected chi connectivity index (χ3v) is 1.45. The lowest BCUT2D eigenvalue weighted by Gasteiger charge is -1.91. The van der Waals surface area contributed by atoms with Crippen molar-refractivity contribution >= 4 is 11.6 Å². The summed E-state index contributed by atoms with van der Waals surface area (Å²) in [5, 5.41) is 14.9. The summed E-state index contributed by atoms with van der Waals surface area (Å²) in [5.74, 6) is 1.25. The van der Waals surface area contributed by atoms with Gasteiger partial charge in [-0.1, -0.05) is 0 Å². The van der Waals surface area contributed by atoms with Crippen LogP contribution in [-0.2, 0) is 6.42 Å². The molecule has 2 N–H and O–H groups in total. The lowest BCUT2D eigenvalue weighted by atomic mass is 10.4. The Morgan fingerprint density at radius 2 is 2.45 bits per heavy atom. The van der Waals surface area contributed by atoms with Gasteiger partial charge >= 0.3 is 0 Å². The predicted molar refractivity (Wildman–Crippen MR) is 41.4 cm³/mol. The van der Waals surface area contributed by atoms with Gasteiger partial charge in [0.15, 0.2) is 5.82 Å². The van der Waals surface area contributed by atoms with E-state index in [9.17, 15) is 0 Å². The molecule has 62 valence electrons. The molecule has 1 unspecified atom stereocenters. The number of alkyl halides is 1. The van der Waals surface area contributed by atoms with Crippen LogP contribution in [0.2, 0.25) is 0 Å². The first-order valence-electron chi connectivity index (χ1n) is 3.40. The monoisotopic (exact) mass is 175 g/mol. The topological polar surface area (TPSA) is 61.8 Å². The van der Waals surface area contributed by atoms with Gasteiger partial charge in [-0.15, -0.1) is 11.6 Å². The second kappa shape index (κ2) is 3.69. The Labute approximate surface area is 69.6 Å². The molecular formula is C6H10ClN3O. The molecule has 1 aromatic heterocycles. The van der Waals surface area contributed by atoms with Gasteiger partial charge in [-0.3, -0.25) is 5.10 Å². The highest BCUT2D eigenvalue weighted by molar-refractivity contribution is 6.20. The molecule has 1 aromatic rings. The van der Waals surface area contributed by atoms with Crippen LogP contribution in [0.5, 0.6) is 0 Å². The summed E-state index contributed by atoms with van der Waals surface area (Å²) in [6.45, 7) is 1.87. The summed E-state index contributed by atoms with van der Waals surface area (Å²) < 4.78 is 0. The number of aliphatic hydroxyl groups excluding tert-OH is 1. The fraction of sp³-hybridized carbons (Fsp3) is 0.667. The SMILES string of the molecule is CC(Cl)c1n[nH]c(CCO)n1. The van der Waals surface area contributed by atoms with Gasteiger partial charge in [0, 0.05) is 6.42 Å². The van der Waals surface area contributed by atoms with Crippen LogP contribution in [0.25, 0.3) is 0 Å². The Morgan fingerprint density at radius 1 is 1.73 bits per heavy atom. The van der Waals surface area contributed by atoms with Crippen molar-refractivity contribution in [3.05, 3.63) is 11.6 Å². The van der Waals surface area contributed by atoms with Gasteiger partial charge in [-0.25, -0.2) is 4.98 Å². The molecule has 1 rings (SSSR count). The van der Waals surface area contributed by atoms with E-state index in [4.69, 9.17) is 16.7 Å². The highest BCUT2D eigenvalue weighted by Gasteiger charge is 2.07. The number of nitrogens with one attached hydrogen (secondary N) is 1. The second-order valence-electron chi connectivity index (χ2n) is 2.23. The molecule has 0 bridgehead atoms. The van der Waals surface area contributed by atoms with Crippen LogP contribution in [-0.4, -0.2) is 26.9 Å². The molecule has 0 aromatic carbocycles. The van der Waals surface area contributed by atoms with Crippen LogP contribution >= 0.6 is 11.6 Å². The van der Waals surface area contributed by atoms with E-state index in [1.165, 1.54) is 0 Å². The third-order valence-electron chi connectivity index (χ3n) is 1.25. The van der Waals surface area contributed by atoms with Gasteiger partial charge in [-0.05, 0) is 6.92 Å². The zero-order valence-electron chi connectivity index (χ0n) is 6.21. The van der Waals surface area contributed by atoms with E-state index in [0.29, 0.717) is 18.1 Å². The number of rotatable bonds is 3. The maximum Gasteiger partial charge on any atom is 0.168 e. The molecule has 0 aliphatic carbocycles. The third kappa shape index (κ3) is 2.17. The zero-order chi connectivity index (χ0) is 8.27. The van der Waals surface area contributed by atoms with Crippen molar-refractivity contribution in [2.75, 3.05) is 6.61 Å². The molecule has 0 radical (unpaired) electrons. The van der Waals surface area contributed by atoms with Gasteiger partial charge in [-0.2, -0.15) is 5.10 Å². The predicted octanol–water partition coefficient (Wildman–Crippen LogP) is 0.639. The number of halogens is 1. The molecule has 0 amide bonds. The standard InChI is InChI=1S/C6H10ClN3O/c1-4(7)6-8-5(2-3-11)9-10-6/h4,11H,2-3H2,1H3,(H,8,9,10). The number of aromatic nitrogens is 3. The molecule has 1 heterocycles. The van der Waals surface area contributed by atoms with Gasteiger partial charge < -0.3 is 5.11 Å². The minimum atomic E-state index is -0.182. The molecule has 0 aliphatic heterocycles. The van der Waals surface area contributed by atoms with Crippen LogP contribution in [0.4, 0.5) is 0 Å². The van der Waals surface area contributed by atoms with Gasteiger partial charge in [0.25, 0.3) is 0 Å². The van der Waals surface area contributed by atoms with Crippen molar-refractivity contribution in [2.24, 2.45) is 0 Å². The summed E-state index contributed by atoms with van der Waals surface area (Å²) in [6.07, 6.45) is 0.497.